The van der Waals surface area contributed by atoms with Gasteiger partial charge in [-0.1, -0.05) is 28.2 Å². The van der Waals surface area contributed by atoms with E-state index in [1.807, 2.05) is 0 Å². The van der Waals surface area contributed by atoms with Gasteiger partial charge in [0.15, 0.2) is 8.32 Å². The largest absolute Gasteiger partial charge is 0.410 e. The van der Waals surface area contributed by atoms with Gasteiger partial charge < -0.3 is 14.9 Å². The maximum Gasteiger partial charge on any atom is 0.192 e. The van der Waals surface area contributed by atoms with Gasteiger partial charge in [0.05, 0.1) is 25.4 Å². The molecule has 2 N–H and O–H groups in total. The third-order valence-corrected chi connectivity index (χ3v) is 7.83. The normalized spacial score (nSPS) is 27.6. The van der Waals surface area contributed by atoms with E-state index in [-0.39, 0.29) is 24.6 Å². The van der Waals surface area contributed by atoms with Crippen molar-refractivity contribution in [2.75, 3.05) is 13.2 Å². The average Bonchev–Trinajstić information content (AvgIpc) is 2.33. The van der Waals surface area contributed by atoms with Crippen LogP contribution in [0.15, 0.2) is 0 Å². The first kappa shape index (κ1) is 15.1. The summed E-state index contributed by atoms with van der Waals surface area (Å²) in [5.74, 6) is 0. The molecule has 1 aliphatic rings. The van der Waals surface area contributed by atoms with Crippen LogP contribution in [0.5, 0.6) is 0 Å². The molecule has 1 aliphatic heterocycles. The van der Waals surface area contributed by atoms with Gasteiger partial charge in [-0.2, -0.15) is 0 Å². The number of hydrogen-bond donors (Lipinski definition) is 1. The van der Waals surface area contributed by atoms with Gasteiger partial charge in [0.1, 0.15) is 0 Å². The van der Waals surface area contributed by atoms with Gasteiger partial charge in [-0.3, -0.25) is 0 Å². The van der Waals surface area contributed by atoms with E-state index in [1.54, 1.807) is 0 Å². The molecular formula is C11H27NO2Si. The summed E-state index contributed by atoms with van der Waals surface area (Å²) in [5, 5.41) is 0.245. The minimum absolute atomic E-state index is 0. The van der Waals surface area contributed by atoms with Crippen LogP contribution in [0.3, 0.4) is 0 Å². The highest BCUT2D eigenvalue weighted by Gasteiger charge is 2.41. The quantitative estimate of drug-likeness (QED) is 0.745. The van der Waals surface area contributed by atoms with Gasteiger partial charge >= 0.3 is 0 Å². The Morgan fingerprint density at radius 2 is 1.80 bits per heavy atom. The van der Waals surface area contributed by atoms with Gasteiger partial charge in [0.25, 0.3) is 0 Å². The molecule has 0 radical (unpaired) electrons. The predicted octanol–water partition coefficient (Wildman–Crippen LogP) is 2.37. The number of ether oxygens (including phenoxy) is 1. The molecule has 1 heterocycles. The van der Waals surface area contributed by atoms with Crippen LogP contribution >= 0.6 is 0 Å². The van der Waals surface area contributed by atoms with Crippen LogP contribution in [-0.4, -0.2) is 33.7 Å². The average molecular weight is 233 g/mol. The SMILES string of the molecule is C.CC(C)(C)[Si](C)(C)O[C@H]1COC[C@H]1N. The third-order valence-electron chi connectivity index (χ3n) is 3.32. The van der Waals surface area contributed by atoms with E-state index >= 15 is 0 Å². The van der Waals surface area contributed by atoms with E-state index < -0.39 is 8.32 Å². The smallest absolute Gasteiger partial charge is 0.192 e. The fourth-order valence-corrected chi connectivity index (χ4v) is 2.58. The van der Waals surface area contributed by atoms with Crippen molar-refractivity contribution in [2.24, 2.45) is 5.73 Å². The zero-order valence-electron chi connectivity index (χ0n) is 9.96. The van der Waals surface area contributed by atoms with Crippen LogP contribution in [0.25, 0.3) is 0 Å². The van der Waals surface area contributed by atoms with Crippen LogP contribution in [-0.2, 0) is 9.16 Å². The lowest BCUT2D eigenvalue weighted by molar-refractivity contribution is 0.130. The summed E-state index contributed by atoms with van der Waals surface area (Å²) in [5.41, 5.74) is 5.90. The molecule has 0 saturated carbocycles. The molecule has 0 aromatic heterocycles. The van der Waals surface area contributed by atoms with Gasteiger partial charge in [-0.25, -0.2) is 0 Å². The second-order valence-electron chi connectivity index (χ2n) is 5.62. The Hall–Kier alpha value is 0.0969. The molecule has 2 atom stereocenters. The molecule has 15 heavy (non-hydrogen) atoms. The number of rotatable bonds is 2. The molecule has 3 nitrogen and oxygen atoms in total. The van der Waals surface area contributed by atoms with E-state index in [9.17, 15) is 0 Å². The van der Waals surface area contributed by atoms with Crippen molar-refractivity contribution in [2.45, 2.75) is 58.5 Å². The molecule has 0 spiro atoms. The van der Waals surface area contributed by atoms with Crippen molar-refractivity contribution in [1.82, 2.24) is 0 Å². The molecule has 4 heteroatoms. The fourth-order valence-electron chi connectivity index (χ4n) is 1.23. The zero-order valence-corrected chi connectivity index (χ0v) is 11.0. The summed E-state index contributed by atoms with van der Waals surface area (Å²) in [6, 6.07) is 0.0594. The monoisotopic (exact) mass is 233 g/mol. The Morgan fingerprint density at radius 3 is 2.13 bits per heavy atom. The Kier molecular flexibility index (Phi) is 4.98. The molecule has 0 aliphatic carbocycles. The van der Waals surface area contributed by atoms with Crippen LogP contribution in [0.4, 0.5) is 0 Å². The first-order valence-corrected chi connectivity index (χ1v) is 8.16. The summed E-state index contributed by atoms with van der Waals surface area (Å²) >= 11 is 0. The lowest BCUT2D eigenvalue weighted by Gasteiger charge is -2.38. The molecular weight excluding hydrogens is 206 g/mol. The first-order chi connectivity index (χ1) is 6.24. The van der Waals surface area contributed by atoms with E-state index in [1.165, 1.54) is 0 Å². The van der Waals surface area contributed by atoms with Crippen LogP contribution in [0, 0.1) is 0 Å². The molecule has 0 amide bonds. The summed E-state index contributed by atoms with van der Waals surface area (Å²) < 4.78 is 11.5. The maximum atomic E-state index is 6.16. The Bertz CT molecular complexity index is 201. The lowest BCUT2D eigenvalue weighted by atomic mass is 10.2. The molecule has 1 fully saturated rings. The van der Waals surface area contributed by atoms with Crippen molar-refractivity contribution >= 4 is 8.32 Å². The second-order valence-corrected chi connectivity index (χ2v) is 10.4. The van der Waals surface area contributed by atoms with Crippen molar-refractivity contribution in [3.8, 4) is 0 Å². The van der Waals surface area contributed by atoms with Crippen molar-refractivity contribution < 1.29 is 9.16 Å². The van der Waals surface area contributed by atoms with Crippen molar-refractivity contribution in [3.63, 3.8) is 0 Å². The summed E-state index contributed by atoms with van der Waals surface area (Å²) in [6.07, 6.45) is 0.107. The minimum Gasteiger partial charge on any atom is -0.410 e. The third kappa shape index (κ3) is 3.55. The lowest BCUT2D eigenvalue weighted by Crippen LogP contribution is -2.48. The molecule has 0 bridgehead atoms. The fraction of sp³-hybridized carbons (Fsp3) is 1.00. The maximum absolute atomic E-state index is 6.16. The Balaban J connectivity index is 0.00000196. The standard InChI is InChI=1S/C10H23NO2Si.CH4/c1-10(2,3)14(4,5)13-9-7-12-6-8(9)11;/h8-9H,6-7,11H2,1-5H3;1H4/t8-,9+;/m1./s1. The number of nitrogens with two attached hydrogens (primary N) is 1. The van der Waals surface area contributed by atoms with E-state index in [0.717, 1.165) is 0 Å². The van der Waals surface area contributed by atoms with E-state index in [2.05, 4.69) is 33.9 Å². The Morgan fingerprint density at radius 1 is 1.27 bits per heavy atom. The van der Waals surface area contributed by atoms with Crippen LogP contribution in [0.1, 0.15) is 28.2 Å². The zero-order chi connectivity index (χ0) is 11.0. The molecule has 1 rings (SSSR count). The number of hydrogen-bond acceptors (Lipinski definition) is 3. The van der Waals surface area contributed by atoms with E-state index in [0.29, 0.717) is 13.2 Å². The highest BCUT2D eigenvalue weighted by Crippen LogP contribution is 2.37. The van der Waals surface area contributed by atoms with Gasteiger partial charge in [-0.15, -0.1) is 0 Å². The molecule has 0 aromatic rings. The Labute approximate surface area is 95.5 Å². The summed E-state index contributed by atoms with van der Waals surface area (Å²) in [7, 11) is -1.67. The topological polar surface area (TPSA) is 44.5 Å². The van der Waals surface area contributed by atoms with Crippen LogP contribution in [0.2, 0.25) is 18.1 Å². The highest BCUT2D eigenvalue weighted by atomic mass is 28.4. The molecule has 1 saturated heterocycles. The second kappa shape index (κ2) is 4.95. The minimum atomic E-state index is -1.67. The van der Waals surface area contributed by atoms with Gasteiger partial charge in [0, 0.05) is 0 Å². The highest BCUT2D eigenvalue weighted by molar-refractivity contribution is 6.74. The molecule has 0 aromatic carbocycles. The first-order valence-electron chi connectivity index (χ1n) is 5.25. The predicted molar refractivity (Wildman–Crippen MR) is 67.6 cm³/mol. The summed E-state index contributed by atoms with van der Waals surface area (Å²) in [4.78, 5) is 0. The van der Waals surface area contributed by atoms with Crippen LogP contribution < -0.4 is 5.73 Å². The molecule has 92 valence electrons. The molecule has 0 unspecified atom stereocenters. The van der Waals surface area contributed by atoms with Crippen molar-refractivity contribution in [3.05, 3.63) is 0 Å². The van der Waals surface area contributed by atoms with E-state index in [4.69, 9.17) is 14.9 Å². The van der Waals surface area contributed by atoms with Gasteiger partial charge in [-0.05, 0) is 18.1 Å². The van der Waals surface area contributed by atoms with Gasteiger partial charge in [0.2, 0.25) is 0 Å². The summed E-state index contributed by atoms with van der Waals surface area (Å²) in [6.45, 7) is 12.5. The van der Waals surface area contributed by atoms with Crippen molar-refractivity contribution in [1.29, 1.82) is 0 Å².